The lowest BCUT2D eigenvalue weighted by Crippen LogP contribution is -2.41. The maximum absolute atomic E-state index is 5.81. The summed E-state index contributed by atoms with van der Waals surface area (Å²) in [7, 11) is 2.28. The van der Waals surface area contributed by atoms with Gasteiger partial charge in [-0.3, -0.25) is 0 Å². The maximum Gasteiger partial charge on any atom is 0.00925 e. The van der Waals surface area contributed by atoms with Crippen molar-refractivity contribution in [1.29, 1.82) is 0 Å². The molecule has 2 heteroatoms. The van der Waals surface area contributed by atoms with Crippen LogP contribution in [0.5, 0.6) is 0 Å². The van der Waals surface area contributed by atoms with Crippen molar-refractivity contribution in [3.63, 3.8) is 0 Å². The Kier molecular flexibility index (Phi) is 5.26. The predicted molar refractivity (Wildman–Crippen MR) is 71.5 cm³/mol. The molecule has 0 aliphatic heterocycles. The Morgan fingerprint density at radius 3 is 2.50 bits per heavy atom. The second-order valence-corrected chi connectivity index (χ2v) is 6.55. The summed E-state index contributed by atoms with van der Waals surface area (Å²) < 4.78 is 0. The second kappa shape index (κ2) is 6.02. The molecule has 2 N–H and O–H groups in total. The molecule has 1 saturated carbocycles. The van der Waals surface area contributed by atoms with Crippen molar-refractivity contribution in [2.24, 2.45) is 17.1 Å². The molecule has 1 fully saturated rings. The number of hydrogen-bond donors (Lipinski definition) is 1. The molecule has 0 saturated heterocycles. The van der Waals surface area contributed by atoms with Crippen LogP contribution in [-0.2, 0) is 0 Å². The lowest BCUT2D eigenvalue weighted by molar-refractivity contribution is 0.152. The third kappa shape index (κ3) is 4.42. The largest absolute Gasteiger partial charge is 0.330 e. The normalized spacial score (nSPS) is 28.1. The van der Waals surface area contributed by atoms with Gasteiger partial charge in [0.15, 0.2) is 0 Å². The summed E-state index contributed by atoms with van der Waals surface area (Å²) in [6.07, 6.45) is 6.97. The van der Waals surface area contributed by atoms with E-state index < -0.39 is 0 Å². The fourth-order valence-corrected chi connectivity index (χ4v) is 2.78. The highest BCUT2D eigenvalue weighted by Crippen LogP contribution is 2.27. The maximum atomic E-state index is 5.81. The van der Waals surface area contributed by atoms with Crippen LogP contribution in [0.1, 0.15) is 52.9 Å². The fraction of sp³-hybridized carbons (Fsp3) is 1.00. The van der Waals surface area contributed by atoms with Crippen molar-refractivity contribution in [3.05, 3.63) is 0 Å². The minimum atomic E-state index is 0.257. The highest BCUT2D eigenvalue weighted by Gasteiger charge is 2.24. The Balaban J connectivity index is 2.43. The molecule has 0 aromatic rings. The van der Waals surface area contributed by atoms with E-state index in [1.165, 1.54) is 32.1 Å². The average molecular weight is 226 g/mol. The standard InChI is InChI=1S/C14H30N2/c1-12-6-5-7-13(9-8-12)16(4)11-14(2,3)10-15/h12-13H,5-11,15H2,1-4H3. The Morgan fingerprint density at radius 1 is 1.19 bits per heavy atom. The number of rotatable bonds is 4. The molecule has 0 amide bonds. The first kappa shape index (κ1) is 14.0. The SMILES string of the molecule is CC1CCCC(N(C)CC(C)(C)CN)CC1. The summed E-state index contributed by atoms with van der Waals surface area (Å²) in [4.78, 5) is 2.55. The zero-order chi connectivity index (χ0) is 12.2. The minimum absolute atomic E-state index is 0.257. The van der Waals surface area contributed by atoms with Gasteiger partial charge in [-0.05, 0) is 44.2 Å². The van der Waals surface area contributed by atoms with Crippen molar-refractivity contribution < 1.29 is 0 Å². The molecule has 1 aliphatic carbocycles. The van der Waals surface area contributed by atoms with Gasteiger partial charge < -0.3 is 10.6 Å². The van der Waals surface area contributed by atoms with E-state index in [1.807, 2.05) is 0 Å². The summed E-state index contributed by atoms with van der Waals surface area (Å²) in [6.45, 7) is 8.83. The Morgan fingerprint density at radius 2 is 1.88 bits per heavy atom. The van der Waals surface area contributed by atoms with Crippen LogP contribution in [0.4, 0.5) is 0 Å². The van der Waals surface area contributed by atoms with Gasteiger partial charge in [0.2, 0.25) is 0 Å². The van der Waals surface area contributed by atoms with E-state index in [0.717, 1.165) is 25.0 Å². The fourth-order valence-electron chi connectivity index (χ4n) is 2.78. The van der Waals surface area contributed by atoms with Crippen molar-refractivity contribution >= 4 is 0 Å². The molecule has 0 radical (unpaired) electrons. The average Bonchev–Trinajstić information content (AvgIpc) is 2.42. The van der Waals surface area contributed by atoms with E-state index >= 15 is 0 Å². The molecule has 0 aromatic heterocycles. The summed E-state index contributed by atoms with van der Waals surface area (Å²) >= 11 is 0. The van der Waals surface area contributed by atoms with E-state index in [1.54, 1.807) is 0 Å². The summed E-state index contributed by atoms with van der Waals surface area (Å²) in [5.41, 5.74) is 6.07. The van der Waals surface area contributed by atoms with Crippen LogP contribution >= 0.6 is 0 Å². The van der Waals surface area contributed by atoms with Crippen molar-refractivity contribution in [3.8, 4) is 0 Å². The minimum Gasteiger partial charge on any atom is -0.330 e. The van der Waals surface area contributed by atoms with E-state index in [-0.39, 0.29) is 5.41 Å². The third-order valence-corrected chi connectivity index (χ3v) is 4.08. The van der Waals surface area contributed by atoms with E-state index in [2.05, 4.69) is 32.7 Å². The van der Waals surface area contributed by atoms with Crippen LogP contribution in [0.2, 0.25) is 0 Å². The second-order valence-electron chi connectivity index (χ2n) is 6.55. The molecule has 2 nitrogen and oxygen atoms in total. The Bertz CT molecular complexity index is 201. The van der Waals surface area contributed by atoms with Gasteiger partial charge in [-0.15, -0.1) is 0 Å². The number of nitrogens with zero attached hydrogens (tertiary/aromatic N) is 1. The summed E-state index contributed by atoms with van der Waals surface area (Å²) in [6, 6.07) is 0.788. The van der Waals surface area contributed by atoms with Crippen LogP contribution in [0, 0.1) is 11.3 Å². The molecule has 0 aromatic carbocycles. The molecular weight excluding hydrogens is 196 g/mol. The third-order valence-electron chi connectivity index (χ3n) is 4.08. The quantitative estimate of drug-likeness (QED) is 0.747. The van der Waals surface area contributed by atoms with E-state index in [0.29, 0.717) is 0 Å². The number of hydrogen-bond acceptors (Lipinski definition) is 2. The molecule has 0 bridgehead atoms. The van der Waals surface area contributed by atoms with Gasteiger partial charge in [0.1, 0.15) is 0 Å². The van der Waals surface area contributed by atoms with Crippen LogP contribution in [-0.4, -0.2) is 31.1 Å². The Labute approximate surface area is 102 Å². The van der Waals surface area contributed by atoms with Crippen LogP contribution < -0.4 is 5.73 Å². The lowest BCUT2D eigenvalue weighted by Gasteiger charge is -2.34. The molecule has 16 heavy (non-hydrogen) atoms. The first-order chi connectivity index (χ1) is 7.44. The van der Waals surface area contributed by atoms with E-state index in [9.17, 15) is 0 Å². The molecule has 0 spiro atoms. The summed E-state index contributed by atoms with van der Waals surface area (Å²) in [5.74, 6) is 0.931. The van der Waals surface area contributed by atoms with Crippen molar-refractivity contribution in [1.82, 2.24) is 4.90 Å². The first-order valence-electron chi connectivity index (χ1n) is 6.85. The molecule has 1 aliphatic rings. The molecular formula is C14H30N2. The number of nitrogens with two attached hydrogens (primary N) is 1. The van der Waals surface area contributed by atoms with E-state index in [4.69, 9.17) is 5.73 Å². The molecule has 96 valence electrons. The highest BCUT2D eigenvalue weighted by molar-refractivity contribution is 4.80. The Hall–Kier alpha value is -0.0800. The molecule has 2 atom stereocenters. The zero-order valence-electron chi connectivity index (χ0n) is 11.6. The van der Waals surface area contributed by atoms with Gasteiger partial charge in [0.25, 0.3) is 0 Å². The predicted octanol–water partition coefficient (Wildman–Crippen LogP) is 2.87. The highest BCUT2D eigenvalue weighted by atomic mass is 15.1. The monoisotopic (exact) mass is 226 g/mol. The lowest BCUT2D eigenvalue weighted by atomic mass is 9.92. The van der Waals surface area contributed by atoms with Gasteiger partial charge in [-0.25, -0.2) is 0 Å². The van der Waals surface area contributed by atoms with Crippen LogP contribution in [0.15, 0.2) is 0 Å². The smallest absolute Gasteiger partial charge is 0.00925 e. The summed E-state index contributed by atoms with van der Waals surface area (Å²) in [5, 5.41) is 0. The zero-order valence-corrected chi connectivity index (χ0v) is 11.6. The molecule has 0 heterocycles. The van der Waals surface area contributed by atoms with Crippen LogP contribution in [0.25, 0.3) is 0 Å². The van der Waals surface area contributed by atoms with Gasteiger partial charge in [0.05, 0.1) is 0 Å². The van der Waals surface area contributed by atoms with Gasteiger partial charge in [-0.2, -0.15) is 0 Å². The topological polar surface area (TPSA) is 29.3 Å². The van der Waals surface area contributed by atoms with Gasteiger partial charge in [-0.1, -0.05) is 33.6 Å². The molecule has 2 unspecified atom stereocenters. The molecule has 1 rings (SSSR count). The van der Waals surface area contributed by atoms with Crippen molar-refractivity contribution in [2.45, 2.75) is 58.9 Å². The first-order valence-corrected chi connectivity index (χ1v) is 6.85. The van der Waals surface area contributed by atoms with Gasteiger partial charge in [0, 0.05) is 12.6 Å². The van der Waals surface area contributed by atoms with Gasteiger partial charge >= 0.3 is 0 Å². The van der Waals surface area contributed by atoms with Crippen molar-refractivity contribution in [2.75, 3.05) is 20.1 Å². The van der Waals surface area contributed by atoms with Crippen LogP contribution in [0.3, 0.4) is 0 Å².